The van der Waals surface area contributed by atoms with Crippen molar-refractivity contribution in [2.24, 2.45) is 0 Å². The van der Waals surface area contributed by atoms with Crippen LogP contribution in [0.15, 0.2) is 30.3 Å². The minimum atomic E-state index is -0.340. The van der Waals surface area contributed by atoms with E-state index >= 15 is 0 Å². The number of para-hydroxylation sites is 1. The number of amides is 2. The average Bonchev–Trinajstić information content (AvgIpc) is 2.47. The number of hydrogen-bond acceptors (Lipinski definition) is 3. The van der Waals surface area contributed by atoms with Crippen LogP contribution in [-0.2, 0) is 9.68 Å². The van der Waals surface area contributed by atoms with Crippen molar-refractivity contribution in [3.63, 3.8) is 0 Å². The highest BCUT2D eigenvalue weighted by atomic mass is 17.0. The van der Waals surface area contributed by atoms with Gasteiger partial charge in [0.15, 0.2) is 0 Å². The molecular weight excluding hydrogens is 244 g/mol. The third-order valence-corrected chi connectivity index (χ3v) is 2.41. The molecule has 2 amide bonds. The molecule has 1 aromatic carbocycles. The average molecular weight is 266 g/mol. The van der Waals surface area contributed by atoms with Crippen LogP contribution in [0.5, 0.6) is 0 Å². The van der Waals surface area contributed by atoms with E-state index < -0.39 is 0 Å². The van der Waals surface area contributed by atoms with Crippen molar-refractivity contribution in [2.45, 2.75) is 26.7 Å². The van der Waals surface area contributed by atoms with E-state index in [1.165, 1.54) is 4.90 Å². The zero-order valence-corrected chi connectivity index (χ0v) is 11.8. The predicted octanol–water partition coefficient (Wildman–Crippen LogP) is 3.23. The summed E-state index contributed by atoms with van der Waals surface area (Å²) in [7, 11) is 1.69. The lowest BCUT2D eigenvalue weighted by Gasteiger charge is -2.25. The quantitative estimate of drug-likeness (QED) is 0.711. The first-order valence-corrected chi connectivity index (χ1v) is 6.59. The van der Waals surface area contributed by atoms with Gasteiger partial charge in [0.25, 0.3) is 0 Å². The predicted molar refractivity (Wildman–Crippen MR) is 74.6 cm³/mol. The van der Waals surface area contributed by atoms with Crippen LogP contribution in [-0.4, -0.2) is 31.5 Å². The van der Waals surface area contributed by atoms with Gasteiger partial charge in [-0.1, -0.05) is 37.3 Å². The summed E-state index contributed by atoms with van der Waals surface area (Å²) in [6.07, 6.45) is 1.63. The highest BCUT2D eigenvalue weighted by Gasteiger charge is 2.21. The Labute approximate surface area is 114 Å². The molecule has 106 valence electrons. The molecule has 0 fully saturated rings. The van der Waals surface area contributed by atoms with E-state index in [1.54, 1.807) is 7.05 Å². The number of benzene rings is 1. The smallest absolute Gasteiger partial charge is 0.294 e. The number of urea groups is 1. The minimum absolute atomic E-state index is 0.340. The summed E-state index contributed by atoms with van der Waals surface area (Å²) >= 11 is 0. The Morgan fingerprint density at radius 2 is 1.58 bits per heavy atom. The number of carbonyl (C=O) groups is 1. The summed E-state index contributed by atoms with van der Waals surface area (Å²) in [6.45, 7) is 4.84. The van der Waals surface area contributed by atoms with Crippen molar-refractivity contribution < 1.29 is 14.5 Å². The van der Waals surface area contributed by atoms with Gasteiger partial charge >= 0.3 is 6.03 Å². The van der Waals surface area contributed by atoms with Gasteiger partial charge < -0.3 is 0 Å². The van der Waals surface area contributed by atoms with Crippen LogP contribution in [0.3, 0.4) is 0 Å². The van der Waals surface area contributed by atoms with Gasteiger partial charge in [0.1, 0.15) is 0 Å². The molecule has 0 heterocycles. The maximum atomic E-state index is 12.3. The summed E-state index contributed by atoms with van der Waals surface area (Å²) in [6, 6.07) is 9.03. The van der Waals surface area contributed by atoms with Crippen LogP contribution in [0.25, 0.3) is 0 Å². The lowest BCUT2D eigenvalue weighted by atomic mass is 10.3. The van der Waals surface area contributed by atoms with E-state index in [2.05, 4.69) is 0 Å². The SMILES string of the molecule is CCCON(OCCC)C(=O)N(C)c1ccccc1. The molecule has 1 rings (SSSR count). The molecule has 5 heteroatoms. The third kappa shape index (κ3) is 4.89. The molecule has 0 aliphatic heterocycles. The molecule has 0 aromatic heterocycles. The number of rotatable bonds is 7. The fourth-order valence-electron chi connectivity index (χ4n) is 1.38. The second-order valence-electron chi connectivity index (χ2n) is 4.10. The second-order valence-corrected chi connectivity index (χ2v) is 4.10. The Balaban J connectivity index is 2.68. The van der Waals surface area contributed by atoms with Crippen molar-refractivity contribution in [1.82, 2.24) is 5.23 Å². The molecule has 0 radical (unpaired) electrons. The molecule has 0 unspecified atom stereocenters. The van der Waals surface area contributed by atoms with Gasteiger partial charge in [-0.15, -0.1) is 0 Å². The summed E-state index contributed by atoms with van der Waals surface area (Å²) < 4.78 is 0. The monoisotopic (exact) mass is 266 g/mol. The summed E-state index contributed by atoms with van der Waals surface area (Å²) in [5, 5.41) is 0.972. The summed E-state index contributed by atoms with van der Waals surface area (Å²) in [4.78, 5) is 24.4. The van der Waals surface area contributed by atoms with Crippen molar-refractivity contribution in [2.75, 3.05) is 25.2 Å². The van der Waals surface area contributed by atoms with E-state index in [4.69, 9.17) is 9.68 Å². The maximum Gasteiger partial charge on any atom is 0.373 e. The van der Waals surface area contributed by atoms with Crippen molar-refractivity contribution in [3.05, 3.63) is 30.3 Å². The van der Waals surface area contributed by atoms with Crippen molar-refractivity contribution in [3.8, 4) is 0 Å². The van der Waals surface area contributed by atoms with Gasteiger partial charge in [-0.2, -0.15) is 0 Å². The van der Waals surface area contributed by atoms with Crippen LogP contribution < -0.4 is 4.90 Å². The van der Waals surface area contributed by atoms with Gasteiger partial charge in [0.05, 0.1) is 13.2 Å². The fraction of sp³-hybridized carbons (Fsp3) is 0.500. The number of carbonyl (C=O) groups excluding carboxylic acids is 1. The molecule has 0 N–H and O–H groups in total. The van der Waals surface area contributed by atoms with Gasteiger partial charge in [0.2, 0.25) is 0 Å². The normalized spacial score (nSPS) is 10.3. The van der Waals surface area contributed by atoms with Crippen LogP contribution in [0.2, 0.25) is 0 Å². The number of hydrogen-bond donors (Lipinski definition) is 0. The van der Waals surface area contributed by atoms with Crippen LogP contribution in [0.1, 0.15) is 26.7 Å². The Morgan fingerprint density at radius 3 is 2.05 bits per heavy atom. The van der Waals surface area contributed by atoms with E-state index in [0.717, 1.165) is 23.8 Å². The maximum absolute atomic E-state index is 12.3. The Morgan fingerprint density at radius 1 is 1.05 bits per heavy atom. The summed E-state index contributed by atoms with van der Waals surface area (Å²) in [5.41, 5.74) is 0.790. The number of hydroxylamine groups is 2. The Kier molecular flexibility index (Phi) is 6.92. The molecule has 0 saturated carbocycles. The molecule has 19 heavy (non-hydrogen) atoms. The molecule has 0 aliphatic carbocycles. The second kappa shape index (κ2) is 8.50. The topological polar surface area (TPSA) is 42.0 Å². The molecular formula is C14H22N2O3. The van der Waals surface area contributed by atoms with Gasteiger partial charge in [-0.3, -0.25) is 4.90 Å². The third-order valence-electron chi connectivity index (χ3n) is 2.41. The highest BCUT2D eigenvalue weighted by Crippen LogP contribution is 2.14. The molecule has 1 aromatic rings. The first-order chi connectivity index (χ1) is 9.20. The lowest BCUT2D eigenvalue weighted by Crippen LogP contribution is -2.41. The van der Waals surface area contributed by atoms with Crippen molar-refractivity contribution >= 4 is 11.7 Å². The zero-order chi connectivity index (χ0) is 14.1. The van der Waals surface area contributed by atoms with Crippen LogP contribution in [0, 0.1) is 0 Å². The Bertz CT molecular complexity index is 362. The first kappa shape index (κ1) is 15.5. The van der Waals surface area contributed by atoms with E-state index in [-0.39, 0.29) is 6.03 Å². The molecule has 0 saturated heterocycles. The number of nitrogens with zero attached hydrogens (tertiary/aromatic N) is 2. The molecule has 0 atom stereocenters. The number of anilines is 1. The highest BCUT2D eigenvalue weighted by molar-refractivity contribution is 5.90. The molecule has 0 bridgehead atoms. The molecule has 5 nitrogen and oxygen atoms in total. The zero-order valence-electron chi connectivity index (χ0n) is 11.8. The van der Waals surface area contributed by atoms with Crippen LogP contribution in [0.4, 0.5) is 10.5 Å². The van der Waals surface area contributed by atoms with E-state index in [0.29, 0.717) is 13.2 Å². The lowest BCUT2D eigenvalue weighted by molar-refractivity contribution is -0.325. The van der Waals surface area contributed by atoms with Gasteiger partial charge in [-0.25, -0.2) is 14.5 Å². The van der Waals surface area contributed by atoms with Gasteiger partial charge in [0, 0.05) is 12.7 Å². The van der Waals surface area contributed by atoms with Crippen molar-refractivity contribution in [1.29, 1.82) is 0 Å². The molecule has 0 spiro atoms. The first-order valence-electron chi connectivity index (χ1n) is 6.59. The minimum Gasteiger partial charge on any atom is -0.294 e. The largest absolute Gasteiger partial charge is 0.373 e. The van der Waals surface area contributed by atoms with Gasteiger partial charge in [-0.05, 0) is 25.0 Å². The van der Waals surface area contributed by atoms with Crippen LogP contribution >= 0.6 is 0 Å². The Hall–Kier alpha value is -1.59. The fourth-order valence-corrected chi connectivity index (χ4v) is 1.38. The standard InChI is InChI=1S/C14H22N2O3/c1-4-11-18-16(19-12-5-2)14(17)15(3)13-9-7-6-8-10-13/h6-10H,4-5,11-12H2,1-3H3. The molecule has 0 aliphatic rings. The van der Waals surface area contributed by atoms with E-state index in [9.17, 15) is 4.79 Å². The van der Waals surface area contributed by atoms with E-state index in [1.807, 2.05) is 44.2 Å². The summed E-state index contributed by atoms with van der Waals surface area (Å²) in [5.74, 6) is 0.